The molecule has 13 rings (SSSR count). The maximum atomic E-state index is 8.80. The smallest absolute Gasteiger partial charge is 0.268 e. The van der Waals surface area contributed by atoms with E-state index in [-0.39, 0.29) is 48.6 Å². The first-order valence-corrected chi connectivity index (χ1v) is 25.5. The van der Waals surface area contributed by atoms with Gasteiger partial charge in [0.1, 0.15) is 5.82 Å². The van der Waals surface area contributed by atoms with E-state index in [1.807, 2.05) is 71.4 Å². The summed E-state index contributed by atoms with van der Waals surface area (Å²) in [5.74, 6) is 1.78. The maximum Gasteiger partial charge on any atom is 0.268 e. The number of aromatic nitrogens is 4. The molecule has 0 unspecified atom stereocenters. The van der Waals surface area contributed by atoms with E-state index in [0.29, 0.717) is 22.7 Å². The molecule has 374 valence electrons. The summed E-state index contributed by atoms with van der Waals surface area (Å²) in [4.78, 5) is 4.88. The molecule has 0 spiro atoms. The minimum Gasteiger partial charge on any atom is -0.510 e. The normalized spacial score (nSPS) is 13.6. The second-order valence-electron chi connectivity index (χ2n) is 21.6. The van der Waals surface area contributed by atoms with Crippen LogP contribution in [0.5, 0.6) is 11.5 Å². The van der Waals surface area contributed by atoms with Crippen molar-refractivity contribution >= 4 is 32.8 Å². The predicted octanol–water partition coefficient (Wildman–Crippen LogP) is 17.4. The largest absolute Gasteiger partial charge is 0.510 e. The van der Waals surface area contributed by atoms with Gasteiger partial charge in [-0.1, -0.05) is 174 Å². The number of aryl methyl sites for hydroxylation is 2. The first kappa shape index (κ1) is 42.2. The number of imidazole rings is 1. The summed E-state index contributed by atoms with van der Waals surface area (Å²) in [6.07, 6.45) is 5.73. The molecule has 0 atom stereocenters. The van der Waals surface area contributed by atoms with Crippen LogP contribution in [-0.2, 0) is 31.9 Å². The van der Waals surface area contributed by atoms with Crippen molar-refractivity contribution in [1.82, 2.24) is 14.1 Å². The minimum atomic E-state index is -2.63. The summed E-state index contributed by atoms with van der Waals surface area (Å²) in [5.41, 5.74) is 14.8. The summed E-state index contributed by atoms with van der Waals surface area (Å²) in [7, 11) is 0. The van der Waals surface area contributed by atoms with Crippen molar-refractivity contribution in [2.45, 2.75) is 66.1 Å². The van der Waals surface area contributed by atoms with Crippen molar-refractivity contribution in [1.29, 1.82) is 0 Å². The van der Waals surface area contributed by atoms with Gasteiger partial charge in [-0.25, -0.2) is 4.98 Å². The van der Waals surface area contributed by atoms with E-state index < -0.39 is 13.7 Å². The Morgan fingerprint density at radius 2 is 1.12 bits per heavy atom. The molecule has 3 aromatic heterocycles. The molecule has 9 aromatic carbocycles. The molecule has 0 aliphatic carbocycles. The fourth-order valence-electron chi connectivity index (χ4n) is 11.0. The van der Waals surface area contributed by atoms with Crippen LogP contribution in [0.25, 0.3) is 106 Å². The van der Waals surface area contributed by atoms with Crippen molar-refractivity contribution in [3.8, 4) is 84.3 Å². The van der Waals surface area contributed by atoms with Gasteiger partial charge in [0.05, 0.1) is 16.7 Å². The monoisotopic (exact) mass is 1170 g/mol. The average molecular weight is 1170 g/mol. The zero-order chi connectivity index (χ0) is 56.3. The molecule has 6 heteroatoms. The maximum absolute atomic E-state index is 8.80. The number of pyridine rings is 1. The molecular weight excluding hydrogens is 1110 g/mol. The standard InChI is InChI=1S/C70H56N4O.Pt/c1-44-18-15-19-45(2)66(44)47-38-60(46-30-32-48(33-31-46)69(3,4)5)67-61(39-47)56-25-12-10-23-54(56)53-22-9-11-24-55(53)59-27-17-29-63-68(59)73(67)43-72(63)50-20-16-21-51(41-50)75-52-34-35-58-57-26-13-14-28-62(57)74(64(58)42-52)65-40-49(36-37-71-65)70(6,7)8;/h9-40H,1-8H3;/q-2;/i1D3,2D3;. The Bertz CT molecular complexity index is 4470. The Balaban J connectivity index is 0.00000665. The molecule has 1 aliphatic rings. The number of hydrogen-bond donors (Lipinski definition) is 0. The van der Waals surface area contributed by atoms with Crippen LogP contribution >= 0.6 is 0 Å². The molecule has 0 N–H and O–H groups in total. The van der Waals surface area contributed by atoms with Crippen LogP contribution in [0.1, 0.15) is 72.0 Å². The van der Waals surface area contributed by atoms with Gasteiger partial charge in [-0.2, -0.15) is 18.2 Å². The second kappa shape index (κ2) is 18.6. The second-order valence-corrected chi connectivity index (χ2v) is 21.6. The van der Waals surface area contributed by atoms with Gasteiger partial charge in [0, 0.05) is 52.5 Å². The van der Waals surface area contributed by atoms with E-state index in [1.54, 1.807) is 0 Å². The van der Waals surface area contributed by atoms with Gasteiger partial charge in [-0.3, -0.25) is 4.57 Å². The molecule has 1 aliphatic heterocycles. The summed E-state index contributed by atoms with van der Waals surface area (Å²) in [6.45, 7) is 7.88. The quantitative estimate of drug-likeness (QED) is 0.123. The van der Waals surface area contributed by atoms with E-state index >= 15 is 0 Å². The number of hydrogen-bond acceptors (Lipinski definition) is 2. The van der Waals surface area contributed by atoms with Crippen LogP contribution in [0.4, 0.5) is 0 Å². The molecule has 0 radical (unpaired) electrons. The van der Waals surface area contributed by atoms with Gasteiger partial charge in [-0.05, 0) is 144 Å². The molecular formula is C70H56N4OPt-2. The molecule has 12 aromatic rings. The van der Waals surface area contributed by atoms with Crippen molar-refractivity contribution < 1.29 is 38.6 Å². The molecule has 4 heterocycles. The number of ether oxygens (including phenoxy) is 1. The summed E-state index contributed by atoms with van der Waals surface area (Å²) < 4.78 is 65.9. The van der Waals surface area contributed by atoms with E-state index in [9.17, 15) is 0 Å². The van der Waals surface area contributed by atoms with Crippen molar-refractivity contribution in [2.75, 3.05) is 0 Å². The number of para-hydroxylation sites is 2. The van der Waals surface area contributed by atoms with Crippen LogP contribution in [0, 0.1) is 32.2 Å². The SMILES string of the molecule is [2H]C([2H])([2H])c1cccc(C([2H])([2H])[2H])c1-c1cc(-c2ccc(C(C)(C)C)cc2)c2c(c1)-c1ccccc1-c1ccccc1-c1cccc3c1[n+]-2[c-]n3-c1[c-]c(Oc2[c-]c3c(cc2)c2ccccc2n3-c2cc(C(C)(C)C)ccn2)ccc1.[Pt]. The third-order valence-electron chi connectivity index (χ3n) is 14.8. The van der Waals surface area contributed by atoms with Crippen molar-refractivity contribution in [3.63, 3.8) is 0 Å². The fraction of sp³-hybridized carbons (Fsp3) is 0.143. The zero-order valence-corrected chi connectivity index (χ0v) is 45.3. The molecule has 5 nitrogen and oxygen atoms in total. The van der Waals surface area contributed by atoms with Gasteiger partial charge < -0.3 is 13.9 Å². The molecule has 0 fully saturated rings. The molecule has 0 bridgehead atoms. The van der Waals surface area contributed by atoms with E-state index in [4.69, 9.17) is 17.9 Å². The number of nitrogens with zero attached hydrogens (tertiary/aromatic N) is 4. The van der Waals surface area contributed by atoms with Gasteiger partial charge in [-0.15, -0.1) is 29.7 Å². The van der Waals surface area contributed by atoms with Crippen molar-refractivity contribution in [3.05, 3.63) is 235 Å². The Morgan fingerprint density at radius 1 is 0.513 bits per heavy atom. The van der Waals surface area contributed by atoms with Crippen LogP contribution in [0.3, 0.4) is 0 Å². The number of fused-ring (bicyclic) bond motifs is 10. The van der Waals surface area contributed by atoms with E-state index in [0.717, 1.165) is 94.4 Å². The van der Waals surface area contributed by atoms with Crippen LogP contribution in [-0.4, -0.2) is 14.1 Å². The first-order valence-electron chi connectivity index (χ1n) is 28.5. The fourth-order valence-corrected chi connectivity index (χ4v) is 11.0. The topological polar surface area (TPSA) is 35.9 Å². The molecule has 76 heavy (non-hydrogen) atoms. The summed E-state index contributed by atoms with van der Waals surface area (Å²) in [5, 5.41) is 2.12. The first-order chi connectivity index (χ1) is 38.7. The summed E-state index contributed by atoms with van der Waals surface area (Å²) >= 11 is 0. The summed E-state index contributed by atoms with van der Waals surface area (Å²) in [6, 6.07) is 69.6. The Labute approximate surface area is 468 Å². The number of rotatable bonds is 6. The van der Waals surface area contributed by atoms with Crippen LogP contribution in [0.2, 0.25) is 0 Å². The zero-order valence-electron chi connectivity index (χ0n) is 49.0. The Hall–Kier alpha value is -8.11. The van der Waals surface area contributed by atoms with Crippen LogP contribution < -0.4 is 9.30 Å². The van der Waals surface area contributed by atoms with Crippen molar-refractivity contribution in [2.24, 2.45) is 0 Å². The average Bonchev–Trinajstić information content (AvgIpc) is 4.11. The Kier molecular flexibility index (Phi) is 10.3. The van der Waals surface area contributed by atoms with Gasteiger partial charge in [0.15, 0.2) is 0 Å². The number of benzene rings is 9. The van der Waals surface area contributed by atoms with Gasteiger partial charge >= 0.3 is 0 Å². The minimum absolute atomic E-state index is 0. The Morgan fingerprint density at radius 3 is 1.83 bits per heavy atom. The van der Waals surface area contributed by atoms with Gasteiger partial charge in [0.25, 0.3) is 6.33 Å². The predicted molar refractivity (Wildman–Crippen MR) is 308 cm³/mol. The molecule has 0 amide bonds. The van der Waals surface area contributed by atoms with Gasteiger partial charge in [0.2, 0.25) is 0 Å². The van der Waals surface area contributed by atoms with E-state index in [2.05, 4.69) is 178 Å². The third-order valence-corrected chi connectivity index (χ3v) is 14.8. The van der Waals surface area contributed by atoms with Crippen LogP contribution in [0.15, 0.2) is 194 Å². The third kappa shape index (κ3) is 8.20. The molecule has 0 saturated heterocycles. The molecule has 0 saturated carbocycles. The van der Waals surface area contributed by atoms with E-state index in [1.165, 1.54) is 23.8 Å².